The van der Waals surface area contributed by atoms with Crippen molar-refractivity contribution in [1.82, 2.24) is 19.5 Å². The summed E-state index contributed by atoms with van der Waals surface area (Å²) < 4.78 is 26.3. The Kier molecular flexibility index (Phi) is 4.48. The van der Waals surface area contributed by atoms with Gasteiger partial charge in [-0.2, -0.15) is 9.40 Å². The first-order valence-corrected chi connectivity index (χ1v) is 7.56. The second-order valence-electron chi connectivity index (χ2n) is 4.13. The van der Waals surface area contributed by atoms with Crippen LogP contribution in [0, 0.1) is 0 Å². The van der Waals surface area contributed by atoms with Gasteiger partial charge in [0.1, 0.15) is 0 Å². The van der Waals surface area contributed by atoms with Crippen LogP contribution in [0.4, 0.5) is 0 Å². The van der Waals surface area contributed by atoms with Crippen LogP contribution >= 0.6 is 0 Å². The van der Waals surface area contributed by atoms with Crippen LogP contribution < -0.4 is 0 Å². The Hall–Kier alpha value is -1.77. The van der Waals surface area contributed by atoms with Crippen molar-refractivity contribution in [2.45, 2.75) is 25.1 Å². The lowest BCUT2D eigenvalue weighted by atomic mass is 10.3. The maximum Gasteiger partial charge on any atom is 0.260 e. The molecule has 2 aromatic rings. The molecule has 0 radical (unpaired) electrons. The molecule has 2 rings (SSSR count). The number of aromatic nitrogens is 3. The number of aliphatic hydroxyl groups is 1. The zero-order valence-electron chi connectivity index (χ0n) is 11.0. The maximum atomic E-state index is 12.5. The number of aromatic amines is 1. The fourth-order valence-electron chi connectivity index (χ4n) is 1.80. The first-order valence-electron chi connectivity index (χ1n) is 6.12. The molecule has 0 unspecified atom stereocenters. The maximum absolute atomic E-state index is 12.5. The lowest BCUT2D eigenvalue weighted by Gasteiger charge is -2.19. The minimum atomic E-state index is -3.73. The molecule has 20 heavy (non-hydrogen) atoms. The van der Waals surface area contributed by atoms with Crippen molar-refractivity contribution in [1.29, 1.82) is 0 Å². The molecule has 108 valence electrons. The highest BCUT2D eigenvalue weighted by molar-refractivity contribution is 7.89. The highest BCUT2D eigenvalue weighted by Gasteiger charge is 2.27. The zero-order valence-corrected chi connectivity index (χ0v) is 11.8. The molecule has 2 heterocycles. The Morgan fingerprint density at radius 1 is 1.40 bits per heavy atom. The van der Waals surface area contributed by atoms with Gasteiger partial charge < -0.3 is 5.11 Å². The molecule has 0 saturated carbocycles. The summed E-state index contributed by atoms with van der Waals surface area (Å²) >= 11 is 0. The lowest BCUT2D eigenvalue weighted by molar-refractivity contribution is 0.278. The second-order valence-corrected chi connectivity index (χ2v) is 6.01. The number of H-pyrrole nitrogens is 1. The molecule has 0 spiro atoms. The first kappa shape index (κ1) is 14.6. The van der Waals surface area contributed by atoms with Crippen LogP contribution in [0.5, 0.6) is 0 Å². The molecule has 0 saturated heterocycles. The Labute approximate surface area is 117 Å². The highest BCUT2D eigenvalue weighted by atomic mass is 32.2. The van der Waals surface area contributed by atoms with Crippen LogP contribution in [0.25, 0.3) is 0 Å². The number of hydrogen-bond donors (Lipinski definition) is 2. The number of rotatable bonds is 6. The summed E-state index contributed by atoms with van der Waals surface area (Å²) in [5.74, 6) is 0. The van der Waals surface area contributed by atoms with Gasteiger partial charge in [0.2, 0.25) is 0 Å². The van der Waals surface area contributed by atoms with E-state index >= 15 is 0 Å². The van der Waals surface area contributed by atoms with Gasteiger partial charge in [-0.1, -0.05) is 13.0 Å². The number of nitrogens with one attached hydrogen (secondary N) is 1. The summed E-state index contributed by atoms with van der Waals surface area (Å²) in [4.78, 5) is 4.12. The van der Waals surface area contributed by atoms with Crippen molar-refractivity contribution in [2.24, 2.45) is 0 Å². The van der Waals surface area contributed by atoms with Crippen LogP contribution in [-0.4, -0.2) is 39.6 Å². The average Bonchev–Trinajstić information content (AvgIpc) is 2.95. The topological polar surface area (TPSA) is 99.2 Å². The third-order valence-electron chi connectivity index (χ3n) is 2.86. The summed E-state index contributed by atoms with van der Waals surface area (Å²) in [5, 5.41) is 15.2. The van der Waals surface area contributed by atoms with Crippen molar-refractivity contribution >= 4 is 10.0 Å². The van der Waals surface area contributed by atoms with E-state index in [0.717, 1.165) is 0 Å². The molecule has 0 amide bonds. The van der Waals surface area contributed by atoms with Gasteiger partial charge in [0.15, 0.2) is 5.03 Å². The fraction of sp³-hybridized carbons (Fsp3) is 0.333. The molecular weight excluding hydrogens is 280 g/mol. The number of pyridine rings is 1. The van der Waals surface area contributed by atoms with Crippen molar-refractivity contribution in [3.63, 3.8) is 0 Å². The predicted octanol–water partition coefficient (Wildman–Crippen LogP) is 0.508. The summed E-state index contributed by atoms with van der Waals surface area (Å²) in [5.41, 5.74) is 0.910. The smallest absolute Gasteiger partial charge is 0.260 e. The van der Waals surface area contributed by atoms with Gasteiger partial charge >= 0.3 is 0 Å². The van der Waals surface area contributed by atoms with Crippen LogP contribution in [-0.2, 0) is 23.2 Å². The SMILES string of the molecule is CCN(Cc1ccccn1)S(=O)(=O)c1[nH]ncc1CO. The molecule has 2 N–H and O–H groups in total. The molecule has 0 fully saturated rings. The fourth-order valence-corrected chi connectivity index (χ4v) is 3.32. The largest absolute Gasteiger partial charge is 0.392 e. The zero-order chi connectivity index (χ0) is 14.6. The van der Waals surface area contributed by atoms with Crippen LogP contribution in [0.1, 0.15) is 18.2 Å². The second kappa shape index (κ2) is 6.12. The van der Waals surface area contributed by atoms with Gasteiger partial charge in [0.05, 0.1) is 25.0 Å². The summed E-state index contributed by atoms with van der Waals surface area (Å²) in [6, 6.07) is 5.34. The van der Waals surface area contributed by atoms with Crippen molar-refractivity contribution in [2.75, 3.05) is 6.54 Å². The number of aliphatic hydroxyl groups excluding tert-OH is 1. The quantitative estimate of drug-likeness (QED) is 0.809. The summed E-state index contributed by atoms with van der Waals surface area (Å²) in [7, 11) is -3.73. The molecule has 0 aliphatic rings. The molecular formula is C12H16N4O3S. The van der Waals surface area contributed by atoms with Crippen molar-refractivity contribution in [3.05, 3.63) is 41.9 Å². The summed E-state index contributed by atoms with van der Waals surface area (Å²) in [6.45, 7) is 1.83. The lowest BCUT2D eigenvalue weighted by Crippen LogP contribution is -2.31. The van der Waals surface area contributed by atoms with Crippen molar-refractivity contribution < 1.29 is 13.5 Å². The van der Waals surface area contributed by atoms with Gasteiger partial charge in [0, 0.05) is 18.3 Å². The number of hydrogen-bond acceptors (Lipinski definition) is 5. The number of sulfonamides is 1. The molecule has 0 aliphatic heterocycles. The van der Waals surface area contributed by atoms with E-state index in [2.05, 4.69) is 15.2 Å². The van der Waals surface area contributed by atoms with Crippen LogP contribution in [0.3, 0.4) is 0 Å². The Morgan fingerprint density at radius 2 is 2.20 bits per heavy atom. The van der Waals surface area contributed by atoms with Crippen LogP contribution in [0.2, 0.25) is 0 Å². The Balaban J connectivity index is 2.31. The Morgan fingerprint density at radius 3 is 2.80 bits per heavy atom. The van der Waals surface area contributed by atoms with E-state index < -0.39 is 10.0 Å². The number of nitrogens with zero attached hydrogens (tertiary/aromatic N) is 3. The predicted molar refractivity (Wildman–Crippen MR) is 72.0 cm³/mol. The molecule has 7 nitrogen and oxygen atoms in total. The van der Waals surface area contributed by atoms with Gasteiger partial charge in [-0.25, -0.2) is 8.42 Å². The van der Waals surface area contributed by atoms with E-state index in [9.17, 15) is 8.42 Å². The highest BCUT2D eigenvalue weighted by Crippen LogP contribution is 2.19. The first-order chi connectivity index (χ1) is 9.59. The van der Waals surface area contributed by atoms with E-state index in [0.29, 0.717) is 12.2 Å². The van der Waals surface area contributed by atoms with Gasteiger partial charge in [-0.3, -0.25) is 10.1 Å². The molecule has 8 heteroatoms. The standard InChI is InChI=1S/C12H16N4O3S/c1-2-16(8-11-5-3-4-6-13-11)20(18,19)12-10(9-17)7-14-15-12/h3-7,17H,2,8-9H2,1H3,(H,14,15). The minimum absolute atomic E-state index is 0.0715. The molecule has 2 aromatic heterocycles. The Bertz CT molecular complexity index is 654. The van der Waals surface area contributed by atoms with Crippen molar-refractivity contribution in [3.8, 4) is 0 Å². The molecule has 0 aromatic carbocycles. The van der Waals surface area contributed by atoms with E-state index in [4.69, 9.17) is 5.11 Å². The molecule has 0 aliphatic carbocycles. The third-order valence-corrected chi connectivity index (χ3v) is 4.80. The van der Waals surface area contributed by atoms with E-state index in [1.807, 2.05) is 0 Å². The van der Waals surface area contributed by atoms with Gasteiger partial charge in [0.25, 0.3) is 10.0 Å². The van der Waals surface area contributed by atoms with E-state index in [1.54, 1.807) is 31.3 Å². The molecule has 0 atom stereocenters. The molecule has 0 bridgehead atoms. The van der Waals surface area contributed by atoms with Gasteiger partial charge in [-0.05, 0) is 12.1 Å². The summed E-state index contributed by atoms with van der Waals surface area (Å²) in [6.07, 6.45) is 2.92. The van der Waals surface area contributed by atoms with Crippen LogP contribution in [0.15, 0.2) is 35.6 Å². The van der Waals surface area contributed by atoms with E-state index in [1.165, 1.54) is 10.5 Å². The average molecular weight is 296 g/mol. The normalized spacial score (nSPS) is 11.9. The van der Waals surface area contributed by atoms with Gasteiger partial charge in [-0.15, -0.1) is 0 Å². The monoisotopic (exact) mass is 296 g/mol. The van der Waals surface area contributed by atoms with E-state index in [-0.39, 0.29) is 23.7 Å². The third kappa shape index (κ3) is 2.87. The minimum Gasteiger partial charge on any atom is -0.392 e.